The molecule has 0 fully saturated rings. The van der Waals surface area contributed by atoms with Crippen molar-refractivity contribution in [1.82, 2.24) is 10.3 Å². The third-order valence-corrected chi connectivity index (χ3v) is 4.14. The summed E-state index contributed by atoms with van der Waals surface area (Å²) in [6.45, 7) is 1.82. The van der Waals surface area contributed by atoms with Crippen LogP contribution in [-0.4, -0.2) is 10.9 Å². The first-order valence-corrected chi connectivity index (χ1v) is 8.07. The van der Waals surface area contributed by atoms with Gasteiger partial charge < -0.3 is 5.32 Å². The van der Waals surface area contributed by atoms with Crippen LogP contribution in [0.15, 0.2) is 66.9 Å². The van der Waals surface area contributed by atoms with Crippen LogP contribution in [0.5, 0.6) is 0 Å². The first-order chi connectivity index (χ1) is 12.6. The van der Waals surface area contributed by atoms with E-state index in [1.165, 1.54) is 18.2 Å². The largest absolute Gasteiger partial charge is 0.332 e. The fourth-order valence-corrected chi connectivity index (χ4v) is 2.78. The van der Waals surface area contributed by atoms with Crippen LogP contribution in [0, 0.1) is 24.1 Å². The molecule has 0 saturated carbocycles. The van der Waals surface area contributed by atoms with Crippen LogP contribution in [-0.2, 0) is 0 Å². The van der Waals surface area contributed by atoms with E-state index in [4.69, 9.17) is 0 Å². The summed E-state index contributed by atoms with van der Waals surface area (Å²) in [7, 11) is 0. The minimum Gasteiger partial charge on any atom is -0.332 e. The highest BCUT2D eigenvalue weighted by Crippen LogP contribution is 2.24. The fraction of sp³-hybridized carbons (Fsp3) is 0.0952. The second kappa shape index (κ2) is 7.58. The van der Waals surface area contributed by atoms with Crippen LogP contribution in [0.4, 0.5) is 4.39 Å². The van der Waals surface area contributed by atoms with E-state index < -0.39 is 17.8 Å². The number of amides is 1. The second-order valence-electron chi connectivity index (χ2n) is 5.75. The number of pyridine rings is 1. The van der Waals surface area contributed by atoms with Gasteiger partial charge in [-0.3, -0.25) is 9.78 Å². The minimum atomic E-state index is -1.07. The maximum Gasteiger partial charge on any atom is 0.252 e. The Kier molecular flexibility index (Phi) is 5.04. The third kappa shape index (κ3) is 3.45. The number of rotatable bonds is 4. The fourth-order valence-electron chi connectivity index (χ4n) is 2.78. The van der Waals surface area contributed by atoms with Crippen LogP contribution < -0.4 is 5.32 Å². The van der Waals surface area contributed by atoms with Gasteiger partial charge in [-0.1, -0.05) is 36.4 Å². The summed E-state index contributed by atoms with van der Waals surface area (Å²) in [5, 5.41) is 12.0. The Morgan fingerprint density at radius 1 is 1.12 bits per heavy atom. The van der Waals surface area contributed by atoms with Crippen molar-refractivity contribution in [3.63, 3.8) is 0 Å². The van der Waals surface area contributed by atoms with Crippen LogP contribution in [0.2, 0.25) is 0 Å². The van der Waals surface area contributed by atoms with Gasteiger partial charge in [0.2, 0.25) is 0 Å². The summed E-state index contributed by atoms with van der Waals surface area (Å²) >= 11 is 0. The van der Waals surface area contributed by atoms with Gasteiger partial charge in [0.15, 0.2) is 0 Å². The van der Waals surface area contributed by atoms with Crippen LogP contribution >= 0.6 is 0 Å². The Bertz CT molecular complexity index is 980. The van der Waals surface area contributed by atoms with Gasteiger partial charge in [0, 0.05) is 22.9 Å². The summed E-state index contributed by atoms with van der Waals surface area (Å²) < 4.78 is 13.9. The predicted octanol–water partition coefficient (Wildman–Crippen LogP) is 4.19. The molecule has 128 valence electrons. The number of halogens is 1. The molecular weight excluding hydrogens is 329 g/mol. The molecule has 26 heavy (non-hydrogen) atoms. The van der Waals surface area contributed by atoms with E-state index in [1.807, 2.05) is 37.3 Å². The Balaban J connectivity index is 1.91. The number of aromatic nitrogens is 1. The molecule has 0 unspecified atom stereocenters. The molecular formula is C21H16FN3O. The van der Waals surface area contributed by atoms with Crippen molar-refractivity contribution in [2.75, 3.05) is 0 Å². The lowest BCUT2D eigenvalue weighted by Gasteiger charge is -2.15. The molecule has 0 aliphatic rings. The van der Waals surface area contributed by atoms with Crippen LogP contribution in [0.25, 0.3) is 11.3 Å². The molecule has 0 radical (unpaired) electrons. The number of carbonyl (C=O) groups is 1. The summed E-state index contributed by atoms with van der Waals surface area (Å²) in [6.07, 6.45) is 1.69. The van der Waals surface area contributed by atoms with E-state index in [0.29, 0.717) is 5.56 Å². The van der Waals surface area contributed by atoms with Crippen molar-refractivity contribution in [1.29, 1.82) is 5.26 Å². The third-order valence-electron chi connectivity index (χ3n) is 4.14. The van der Waals surface area contributed by atoms with Crippen molar-refractivity contribution in [3.05, 3.63) is 89.4 Å². The number of nitrogens with zero attached hydrogens (tertiary/aromatic N) is 2. The van der Waals surface area contributed by atoms with Gasteiger partial charge in [-0.05, 0) is 36.8 Å². The van der Waals surface area contributed by atoms with Gasteiger partial charge in [0.05, 0.1) is 11.8 Å². The number of nitriles is 1. The van der Waals surface area contributed by atoms with E-state index in [-0.39, 0.29) is 5.56 Å². The SMILES string of the molecule is Cc1c(C(=O)N[C@@H](C#N)c2ccccc2F)cccc1-c1ccccn1. The monoisotopic (exact) mass is 345 g/mol. The number of carbonyl (C=O) groups excluding carboxylic acids is 1. The van der Waals surface area contributed by atoms with Crippen LogP contribution in [0.1, 0.15) is 27.5 Å². The average molecular weight is 345 g/mol. The zero-order chi connectivity index (χ0) is 18.5. The molecule has 0 aliphatic heterocycles. The van der Waals surface area contributed by atoms with Crippen molar-refractivity contribution < 1.29 is 9.18 Å². The molecule has 0 bridgehead atoms. The molecule has 0 saturated heterocycles. The molecule has 0 aliphatic carbocycles. The molecule has 1 heterocycles. The Morgan fingerprint density at radius 3 is 2.58 bits per heavy atom. The van der Waals surface area contributed by atoms with E-state index in [9.17, 15) is 14.4 Å². The summed E-state index contributed by atoms with van der Waals surface area (Å²) in [5.74, 6) is -0.964. The quantitative estimate of drug-likeness (QED) is 0.771. The number of hydrogen-bond acceptors (Lipinski definition) is 3. The van der Waals surface area contributed by atoms with E-state index >= 15 is 0 Å². The van der Waals surface area contributed by atoms with Crippen LogP contribution in [0.3, 0.4) is 0 Å². The molecule has 1 aromatic heterocycles. The smallest absolute Gasteiger partial charge is 0.252 e. The maximum absolute atomic E-state index is 13.9. The molecule has 3 aromatic rings. The predicted molar refractivity (Wildman–Crippen MR) is 96.6 cm³/mol. The summed E-state index contributed by atoms with van der Waals surface area (Å²) in [6, 6.07) is 17.7. The molecule has 4 nitrogen and oxygen atoms in total. The van der Waals surface area contributed by atoms with E-state index in [2.05, 4.69) is 10.3 Å². The Labute approximate surface area is 150 Å². The average Bonchev–Trinajstić information content (AvgIpc) is 2.67. The lowest BCUT2D eigenvalue weighted by atomic mass is 9.98. The van der Waals surface area contributed by atoms with Gasteiger partial charge in [0.1, 0.15) is 11.9 Å². The Morgan fingerprint density at radius 2 is 1.88 bits per heavy atom. The van der Waals surface area contributed by atoms with E-state index in [1.54, 1.807) is 24.4 Å². The molecule has 1 atom stereocenters. The van der Waals surface area contributed by atoms with Gasteiger partial charge in [-0.2, -0.15) is 5.26 Å². The van der Waals surface area contributed by atoms with Gasteiger partial charge in [-0.15, -0.1) is 0 Å². The molecule has 5 heteroatoms. The molecule has 2 aromatic carbocycles. The highest BCUT2D eigenvalue weighted by atomic mass is 19.1. The second-order valence-corrected chi connectivity index (χ2v) is 5.75. The van der Waals surface area contributed by atoms with Crippen molar-refractivity contribution >= 4 is 5.91 Å². The number of benzene rings is 2. The maximum atomic E-state index is 13.9. The summed E-state index contributed by atoms with van der Waals surface area (Å²) in [4.78, 5) is 17.0. The zero-order valence-corrected chi connectivity index (χ0v) is 14.1. The highest BCUT2D eigenvalue weighted by molar-refractivity contribution is 5.97. The lowest BCUT2D eigenvalue weighted by molar-refractivity contribution is 0.0944. The standard InChI is InChI=1S/C21H16FN3O/c1-14-15(19-11-4-5-12-24-19)8-6-9-16(14)21(26)25-20(13-23)17-7-2-3-10-18(17)22/h2-12,20H,1H3,(H,25,26)/t20-/m0/s1. The molecule has 1 N–H and O–H groups in total. The first kappa shape index (κ1) is 17.3. The number of hydrogen-bond donors (Lipinski definition) is 1. The van der Waals surface area contributed by atoms with Crippen molar-refractivity contribution in [2.45, 2.75) is 13.0 Å². The normalized spacial score (nSPS) is 11.4. The number of nitrogens with one attached hydrogen (secondary N) is 1. The molecule has 0 spiro atoms. The topological polar surface area (TPSA) is 65.8 Å². The van der Waals surface area contributed by atoms with Gasteiger partial charge >= 0.3 is 0 Å². The van der Waals surface area contributed by atoms with Gasteiger partial charge in [-0.25, -0.2) is 4.39 Å². The minimum absolute atomic E-state index is 0.141. The molecule has 3 rings (SSSR count). The summed E-state index contributed by atoms with van der Waals surface area (Å²) in [5.41, 5.74) is 2.89. The zero-order valence-electron chi connectivity index (χ0n) is 14.1. The lowest BCUT2D eigenvalue weighted by Crippen LogP contribution is -2.28. The molecule has 1 amide bonds. The van der Waals surface area contributed by atoms with Crippen molar-refractivity contribution in [3.8, 4) is 17.3 Å². The highest BCUT2D eigenvalue weighted by Gasteiger charge is 2.20. The van der Waals surface area contributed by atoms with Gasteiger partial charge in [0.25, 0.3) is 5.91 Å². The first-order valence-electron chi connectivity index (χ1n) is 8.07. The Hall–Kier alpha value is -3.52. The van der Waals surface area contributed by atoms with Crippen molar-refractivity contribution in [2.24, 2.45) is 0 Å². The van der Waals surface area contributed by atoms with E-state index in [0.717, 1.165) is 16.8 Å².